The van der Waals surface area contributed by atoms with Crippen LogP contribution in [0.4, 0.5) is 0 Å². The molecule has 1 aromatic rings. The van der Waals surface area contributed by atoms with Gasteiger partial charge in [0.25, 0.3) is 5.91 Å². The zero-order chi connectivity index (χ0) is 14.0. The standard InChI is InChI=1S/C13H16BrNO3S/c1-7-6-19-11(10(7)14)12(16)15-9-4-2-8(3-5-9)13(17)18/h6,8-9H,2-5H2,1H3,(H,15,16)(H,17,18). The van der Waals surface area contributed by atoms with Crippen molar-refractivity contribution in [3.05, 3.63) is 20.3 Å². The van der Waals surface area contributed by atoms with Crippen molar-refractivity contribution in [2.45, 2.75) is 38.6 Å². The molecule has 0 saturated heterocycles. The summed E-state index contributed by atoms with van der Waals surface area (Å²) in [6.07, 6.45) is 2.77. The number of thiophene rings is 1. The first-order chi connectivity index (χ1) is 8.99. The van der Waals surface area contributed by atoms with Crippen molar-refractivity contribution >= 4 is 39.1 Å². The van der Waals surface area contributed by atoms with Crippen LogP contribution in [0.2, 0.25) is 0 Å². The molecule has 2 rings (SSSR count). The lowest BCUT2D eigenvalue weighted by Gasteiger charge is -2.26. The van der Waals surface area contributed by atoms with Crippen LogP contribution >= 0.6 is 27.3 Å². The lowest BCUT2D eigenvalue weighted by molar-refractivity contribution is -0.142. The second-order valence-corrected chi connectivity index (χ2v) is 6.59. The van der Waals surface area contributed by atoms with Gasteiger partial charge in [0.2, 0.25) is 0 Å². The zero-order valence-corrected chi connectivity index (χ0v) is 13.0. The monoisotopic (exact) mass is 345 g/mol. The third-order valence-corrected chi connectivity index (χ3v) is 5.90. The largest absolute Gasteiger partial charge is 0.481 e. The molecule has 0 spiro atoms. The number of carbonyl (C=O) groups excluding carboxylic acids is 1. The van der Waals surface area contributed by atoms with Crippen LogP contribution in [0.25, 0.3) is 0 Å². The van der Waals surface area contributed by atoms with Gasteiger partial charge in [-0.15, -0.1) is 11.3 Å². The van der Waals surface area contributed by atoms with Crippen molar-refractivity contribution in [2.24, 2.45) is 5.92 Å². The number of nitrogens with one attached hydrogen (secondary N) is 1. The second kappa shape index (κ2) is 6.05. The normalized spacial score (nSPS) is 23.1. The van der Waals surface area contributed by atoms with Crippen molar-refractivity contribution in [3.8, 4) is 0 Å². The van der Waals surface area contributed by atoms with Gasteiger partial charge in [0.05, 0.1) is 5.92 Å². The highest BCUT2D eigenvalue weighted by Gasteiger charge is 2.27. The van der Waals surface area contributed by atoms with E-state index in [4.69, 9.17) is 5.11 Å². The Morgan fingerprint density at radius 2 is 2.00 bits per heavy atom. The van der Waals surface area contributed by atoms with E-state index in [0.29, 0.717) is 17.7 Å². The maximum Gasteiger partial charge on any atom is 0.306 e. The van der Waals surface area contributed by atoms with Crippen LogP contribution in [-0.2, 0) is 4.79 Å². The first-order valence-electron chi connectivity index (χ1n) is 6.26. The molecule has 6 heteroatoms. The average Bonchev–Trinajstić information content (AvgIpc) is 2.70. The molecule has 0 atom stereocenters. The molecule has 0 aliphatic heterocycles. The predicted molar refractivity (Wildman–Crippen MR) is 77.6 cm³/mol. The van der Waals surface area contributed by atoms with Crippen LogP contribution in [0.5, 0.6) is 0 Å². The summed E-state index contributed by atoms with van der Waals surface area (Å²) in [7, 11) is 0. The fourth-order valence-electron chi connectivity index (χ4n) is 2.32. The van der Waals surface area contributed by atoms with E-state index in [1.807, 2.05) is 12.3 Å². The minimum absolute atomic E-state index is 0.0660. The minimum atomic E-state index is -0.721. The fraction of sp³-hybridized carbons (Fsp3) is 0.538. The maximum absolute atomic E-state index is 12.1. The van der Waals surface area contributed by atoms with Crippen LogP contribution in [-0.4, -0.2) is 23.0 Å². The van der Waals surface area contributed by atoms with Gasteiger partial charge >= 0.3 is 5.97 Å². The molecule has 2 N–H and O–H groups in total. The van der Waals surface area contributed by atoms with E-state index < -0.39 is 5.97 Å². The Kier molecular flexibility index (Phi) is 4.62. The van der Waals surface area contributed by atoms with E-state index >= 15 is 0 Å². The zero-order valence-electron chi connectivity index (χ0n) is 10.6. The molecule has 4 nitrogen and oxygen atoms in total. The smallest absolute Gasteiger partial charge is 0.306 e. The van der Waals surface area contributed by atoms with Crippen LogP contribution in [0, 0.1) is 12.8 Å². The van der Waals surface area contributed by atoms with E-state index in [9.17, 15) is 9.59 Å². The molecule has 19 heavy (non-hydrogen) atoms. The number of aliphatic carboxylic acids is 1. The number of carboxylic acid groups (broad SMARTS) is 1. The van der Waals surface area contributed by atoms with Crippen LogP contribution in [0.1, 0.15) is 40.9 Å². The molecule has 1 amide bonds. The highest BCUT2D eigenvalue weighted by atomic mass is 79.9. The van der Waals surface area contributed by atoms with Gasteiger partial charge in [0.15, 0.2) is 0 Å². The number of halogens is 1. The molecule has 1 heterocycles. The Morgan fingerprint density at radius 3 is 2.47 bits per heavy atom. The Hall–Kier alpha value is -0.880. The van der Waals surface area contributed by atoms with E-state index in [2.05, 4.69) is 21.2 Å². The lowest BCUT2D eigenvalue weighted by atomic mass is 9.86. The summed E-state index contributed by atoms with van der Waals surface area (Å²) < 4.78 is 0.856. The molecule has 104 valence electrons. The van der Waals surface area contributed by atoms with Gasteiger partial charge in [-0.2, -0.15) is 0 Å². The van der Waals surface area contributed by atoms with Crippen LogP contribution in [0.15, 0.2) is 9.85 Å². The molecule has 0 aromatic carbocycles. The SMILES string of the molecule is Cc1csc(C(=O)NC2CCC(C(=O)O)CC2)c1Br. The Labute approximate surface area is 124 Å². The topological polar surface area (TPSA) is 66.4 Å². The third kappa shape index (κ3) is 3.36. The van der Waals surface area contributed by atoms with Crippen LogP contribution in [0.3, 0.4) is 0 Å². The third-order valence-electron chi connectivity index (χ3n) is 3.52. The number of rotatable bonds is 3. The van der Waals surface area contributed by atoms with E-state index in [-0.39, 0.29) is 17.9 Å². The van der Waals surface area contributed by atoms with Gasteiger partial charge in [-0.1, -0.05) is 0 Å². The van der Waals surface area contributed by atoms with E-state index in [1.165, 1.54) is 11.3 Å². The van der Waals surface area contributed by atoms with E-state index in [0.717, 1.165) is 22.9 Å². The van der Waals surface area contributed by atoms with Crippen molar-refractivity contribution in [2.75, 3.05) is 0 Å². The number of carbonyl (C=O) groups is 2. The number of aryl methyl sites for hydroxylation is 1. The highest BCUT2D eigenvalue weighted by Crippen LogP contribution is 2.29. The van der Waals surface area contributed by atoms with Crippen molar-refractivity contribution in [3.63, 3.8) is 0 Å². The van der Waals surface area contributed by atoms with Gasteiger partial charge < -0.3 is 10.4 Å². The molecule has 1 aromatic heterocycles. The highest BCUT2D eigenvalue weighted by molar-refractivity contribution is 9.10. The molecule has 0 radical (unpaired) electrons. The lowest BCUT2D eigenvalue weighted by Crippen LogP contribution is -2.38. The number of amides is 1. The molecule has 1 saturated carbocycles. The molecular formula is C13H16BrNO3S. The van der Waals surface area contributed by atoms with Crippen molar-refractivity contribution < 1.29 is 14.7 Å². The summed E-state index contributed by atoms with van der Waals surface area (Å²) in [5, 5.41) is 13.9. The summed E-state index contributed by atoms with van der Waals surface area (Å²) >= 11 is 4.84. The second-order valence-electron chi connectivity index (χ2n) is 4.92. The summed E-state index contributed by atoms with van der Waals surface area (Å²) in [6.45, 7) is 1.95. The van der Waals surface area contributed by atoms with Gasteiger partial charge in [0, 0.05) is 10.5 Å². The first kappa shape index (κ1) is 14.5. The number of carboxylic acids is 1. The minimum Gasteiger partial charge on any atom is -0.481 e. The summed E-state index contributed by atoms with van der Waals surface area (Å²) in [5.41, 5.74) is 1.06. The average molecular weight is 346 g/mol. The summed E-state index contributed by atoms with van der Waals surface area (Å²) in [4.78, 5) is 23.7. The molecular weight excluding hydrogens is 330 g/mol. The number of hydrogen-bond acceptors (Lipinski definition) is 3. The molecule has 1 fully saturated rings. The Morgan fingerprint density at radius 1 is 1.37 bits per heavy atom. The molecule has 1 aliphatic carbocycles. The van der Waals surface area contributed by atoms with Gasteiger partial charge in [-0.3, -0.25) is 9.59 Å². The van der Waals surface area contributed by atoms with Crippen LogP contribution < -0.4 is 5.32 Å². The van der Waals surface area contributed by atoms with Gasteiger partial charge in [-0.25, -0.2) is 0 Å². The fourth-order valence-corrected chi connectivity index (χ4v) is 3.89. The van der Waals surface area contributed by atoms with Crippen molar-refractivity contribution in [1.82, 2.24) is 5.32 Å². The molecule has 1 aliphatic rings. The first-order valence-corrected chi connectivity index (χ1v) is 7.93. The quantitative estimate of drug-likeness (QED) is 0.883. The Bertz CT molecular complexity index is 492. The maximum atomic E-state index is 12.1. The van der Waals surface area contributed by atoms with Crippen molar-refractivity contribution in [1.29, 1.82) is 0 Å². The Balaban J connectivity index is 1.91. The van der Waals surface area contributed by atoms with E-state index in [1.54, 1.807) is 0 Å². The summed E-state index contributed by atoms with van der Waals surface area (Å²) in [5.74, 6) is -1.03. The molecule has 0 unspecified atom stereocenters. The summed E-state index contributed by atoms with van der Waals surface area (Å²) in [6, 6.07) is 0.0948. The van der Waals surface area contributed by atoms with Gasteiger partial charge in [-0.05, 0) is 59.5 Å². The predicted octanol–water partition coefficient (Wildman–Crippen LogP) is 3.19. The molecule has 0 bridgehead atoms. The number of hydrogen-bond donors (Lipinski definition) is 2. The van der Waals surface area contributed by atoms with Gasteiger partial charge in [0.1, 0.15) is 4.88 Å².